The third kappa shape index (κ3) is 5.56. The van der Waals surface area contributed by atoms with Crippen LogP contribution in [0.3, 0.4) is 0 Å². The van der Waals surface area contributed by atoms with E-state index in [9.17, 15) is 13.2 Å². The van der Waals surface area contributed by atoms with Crippen molar-refractivity contribution in [1.29, 1.82) is 0 Å². The molecule has 0 atom stereocenters. The van der Waals surface area contributed by atoms with Gasteiger partial charge in [-0.15, -0.1) is 0 Å². The van der Waals surface area contributed by atoms with E-state index in [0.29, 0.717) is 0 Å². The first-order valence-corrected chi connectivity index (χ1v) is 8.49. The summed E-state index contributed by atoms with van der Waals surface area (Å²) in [5, 5.41) is 5.71. The summed E-state index contributed by atoms with van der Waals surface area (Å²) in [5.41, 5.74) is 1.14. The summed E-state index contributed by atoms with van der Waals surface area (Å²) in [6.07, 6.45) is 2.60. The molecule has 1 amide bonds. The average Bonchev–Trinajstić information content (AvgIpc) is 2.45. The highest BCUT2D eigenvalue weighted by Gasteiger charge is 2.10. The van der Waals surface area contributed by atoms with E-state index >= 15 is 0 Å². The van der Waals surface area contributed by atoms with Crippen LogP contribution in [0, 0.1) is 0 Å². The first-order valence-electron chi connectivity index (χ1n) is 6.67. The Labute approximate surface area is 119 Å². The molecule has 0 saturated carbocycles. The lowest BCUT2D eigenvalue weighted by Gasteiger charge is -2.06. The minimum atomic E-state index is -3.06. The molecule has 0 aromatic carbocycles. The summed E-state index contributed by atoms with van der Waals surface area (Å²) in [6.45, 7) is 4.60. The molecule has 2 N–H and O–H groups in total. The van der Waals surface area contributed by atoms with Gasteiger partial charge in [0.2, 0.25) is 0 Å². The van der Waals surface area contributed by atoms with E-state index in [1.54, 1.807) is 25.3 Å². The van der Waals surface area contributed by atoms with E-state index in [2.05, 4.69) is 22.5 Å². The molecule has 7 heteroatoms. The van der Waals surface area contributed by atoms with Gasteiger partial charge in [-0.2, -0.15) is 0 Å². The van der Waals surface area contributed by atoms with Crippen molar-refractivity contribution in [3.8, 4) is 0 Å². The first kappa shape index (κ1) is 16.4. The Bertz CT molecular complexity index is 526. The second kappa shape index (κ2) is 7.84. The van der Waals surface area contributed by atoms with E-state index in [0.717, 1.165) is 18.7 Å². The zero-order valence-electron chi connectivity index (χ0n) is 11.8. The highest BCUT2D eigenvalue weighted by molar-refractivity contribution is 7.91. The van der Waals surface area contributed by atoms with Gasteiger partial charge in [0, 0.05) is 18.8 Å². The Kier molecular flexibility index (Phi) is 6.44. The molecule has 0 aliphatic heterocycles. The van der Waals surface area contributed by atoms with Crippen LogP contribution < -0.4 is 10.6 Å². The molecule has 0 aliphatic carbocycles. The van der Waals surface area contributed by atoms with Gasteiger partial charge < -0.3 is 10.6 Å². The number of aromatic nitrogens is 1. The summed E-state index contributed by atoms with van der Waals surface area (Å²) >= 11 is 0. The highest BCUT2D eigenvalue weighted by Crippen LogP contribution is 2.06. The quantitative estimate of drug-likeness (QED) is 0.749. The Morgan fingerprint density at radius 2 is 2.00 bits per heavy atom. The molecule has 1 aromatic heterocycles. The second-order valence-corrected chi connectivity index (χ2v) is 6.82. The van der Waals surface area contributed by atoms with Crippen LogP contribution in [-0.4, -0.2) is 43.9 Å². The average molecular weight is 299 g/mol. The Morgan fingerprint density at radius 3 is 2.55 bits per heavy atom. The molecule has 6 nitrogen and oxygen atoms in total. The Morgan fingerprint density at radius 1 is 1.25 bits per heavy atom. The Hall–Kier alpha value is -1.63. The van der Waals surface area contributed by atoms with Crippen molar-refractivity contribution >= 4 is 21.4 Å². The molecule has 0 radical (unpaired) electrons. The minimum absolute atomic E-state index is 0.0502. The van der Waals surface area contributed by atoms with Crippen LogP contribution in [0.15, 0.2) is 18.3 Å². The number of pyridine rings is 1. The van der Waals surface area contributed by atoms with Crippen LogP contribution in [0.1, 0.15) is 30.8 Å². The van der Waals surface area contributed by atoms with Crippen LogP contribution >= 0.6 is 0 Å². The van der Waals surface area contributed by atoms with Crippen LogP contribution in [0.25, 0.3) is 0 Å². The SMILES string of the molecule is CCCNc1ccc(C(=O)NCCS(=O)(=O)CC)nc1. The number of rotatable bonds is 8. The summed E-state index contributed by atoms with van der Waals surface area (Å²) in [7, 11) is -3.06. The Balaban J connectivity index is 2.47. The number of anilines is 1. The molecule has 112 valence electrons. The monoisotopic (exact) mass is 299 g/mol. The van der Waals surface area contributed by atoms with Crippen molar-refractivity contribution in [2.45, 2.75) is 20.3 Å². The van der Waals surface area contributed by atoms with E-state index in [-0.39, 0.29) is 29.7 Å². The van der Waals surface area contributed by atoms with E-state index < -0.39 is 9.84 Å². The largest absolute Gasteiger partial charge is 0.384 e. The zero-order valence-corrected chi connectivity index (χ0v) is 12.7. The lowest BCUT2D eigenvalue weighted by Crippen LogP contribution is -2.30. The number of nitrogens with one attached hydrogen (secondary N) is 2. The smallest absolute Gasteiger partial charge is 0.269 e. The number of sulfone groups is 1. The molecule has 20 heavy (non-hydrogen) atoms. The molecule has 0 aliphatic rings. The summed E-state index contributed by atoms with van der Waals surface area (Å²) < 4.78 is 22.6. The number of carbonyl (C=O) groups is 1. The van der Waals surface area contributed by atoms with Crippen molar-refractivity contribution < 1.29 is 13.2 Å². The number of amides is 1. The standard InChI is InChI=1S/C13H21N3O3S/c1-3-7-14-11-5-6-12(16-10-11)13(17)15-8-9-20(18,19)4-2/h5-6,10,14H,3-4,7-9H2,1-2H3,(H,15,17). The van der Waals surface area contributed by atoms with Crippen LogP contribution in [0.2, 0.25) is 0 Å². The molecule has 1 aromatic rings. The lowest BCUT2D eigenvalue weighted by atomic mass is 10.3. The van der Waals surface area contributed by atoms with Gasteiger partial charge in [0.25, 0.3) is 5.91 Å². The molecule has 0 saturated heterocycles. The summed E-state index contributed by atoms with van der Waals surface area (Å²) in [5.74, 6) is -0.331. The topological polar surface area (TPSA) is 88.2 Å². The van der Waals surface area contributed by atoms with Crippen molar-refractivity contribution in [2.75, 3.05) is 29.9 Å². The number of hydrogen-bond donors (Lipinski definition) is 2. The number of nitrogens with zero attached hydrogens (tertiary/aromatic N) is 1. The molecule has 0 bridgehead atoms. The van der Waals surface area contributed by atoms with Gasteiger partial charge in [-0.05, 0) is 18.6 Å². The minimum Gasteiger partial charge on any atom is -0.384 e. The van der Waals surface area contributed by atoms with E-state index in [4.69, 9.17) is 0 Å². The number of hydrogen-bond acceptors (Lipinski definition) is 5. The molecule has 0 unspecified atom stereocenters. The second-order valence-electron chi connectivity index (χ2n) is 4.35. The highest BCUT2D eigenvalue weighted by atomic mass is 32.2. The third-order valence-corrected chi connectivity index (χ3v) is 4.42. The molecular formula is C13H21N3O3S. The van der Waals surface area contributed by atoms with Gasteiger partial charge in [-0.25, -0.2) is 13.4 Å². The predicted molar refractivity (Wildman–Crippen MR) is 79.7 cm³/mol. The fraction of sp³-hybridized carbons (Fsp3) is 0.538. The van der Waals surface area contributed by atoms with Gasteiger partial charge in [0.15, 0.2) is 9.84 Å². The van der Waals surface area contributed by atoms with Gasteiger partial charge >= 0.3 is 0 Å². The first-order chi connectivity index (χ1) is 9.48. The molecule has 0 spiro atoms. The zero-order chi connectivity index (χ0) is 15.0. The fourth-order valence-corrected chi connectivity index (χ4v) is 2.16. The lowest BCUT2D eigenvalue weighted by molar-refractivity contribution is 0.0951. The predicted octanol–water partition coefficient (Wildman–Crippen LogP) is 1.07. The van der Waals surface area contributed by atoms with Crippen molar-refractivity contribution in [1.82, 2.24) is 10.3 Å². The molecule has 0 fully saturated rings. The van der Waals surface area contributed by atoms with Gasteiger partial charge in [-0.1, -0.05) is 13.8 Å². The van der Waals surface area contributed by atoms with Gasteiger partial charge in [0.05, 0.1) is 17.6 Å². The van der Waals surface area contributed by atoms with Crippen molar-refractivity contribution in [3.05, 3.63) is 24.0 Å². The molecule has 1 rings (SSSR count). The summed E-state index contributed by atoms with van der Waals surface area (Å²) in [6, 6.07) is 3.39. The van der Waals surface area contributed by atoms with E-state index in [1.165, 1.54) is 0 Å². The van der Waals surface area contributed by atoms with Gasteiger partial charge in [-0.3, -0.25) is 4.79 Å². The molecule has 1 heterocycles. The van der Waals surface area contributed by atoms with Gasteiger partial charge in [0.1, 0.15) is 5.69 Å². The maximum Gasteiger partial charge on any atom is 0.269 e. The van der Waals surface area contributed by atoms with Crippen molar-refractivity contribution in [2.24, 2.45) is 0 Å². The van der Waals surface area contributed by atoms with Crippen LogP contribution in [0.4, 0.5) is 5.69 Å². The maximum absolute atomic E-state index is 11.8. The normalized spacial score (nSPS) is 11.1. The van der Waals surface area contributed by atoms with E-state index in [1.807, 2.05) is 0 Å². The third-order valence-electron chi connectivity index (χ3n) is 2.71. The van der Waals surface area contributed by atoms with Crippen LogP contribution in [-0.2, 0) is 9.84 Å². The van der Waals surface area contributed by atoms with Crippen molar-refractivity contribution in [3.63, 3.8) is 0 Å². The van der Waals surface area contributed by atoms with Crippen LogP contribution in [0.5, 0.6) is 0 Å². The molecular weight excluding hydrogens is 278 g/mol. The summed E-state index contributed by atoms with van der Waals surface area (Å²) in [4.78, 5) is 15.8. The maximum atomic E-state index is 11.8. The fourth-order valence-electron chi connectivity index (χ4n) is 1.46. The number of carbonyl (C=O) groups excluding carboxylic acids is 1.